The first kappa shape index (κ1) is 14.8. The number of halogens is 2. The van der Waals surface area contributed by atoms with Gasteiger partial charge in [-0.25, -0.2) is 0 Å². The number of hydrogen-bond acceptors (Lipinski definition) is 3. The van der Waals surface area contributed by atoms with E-state index in [-0.39, 0.29) is 18.4 Å². The molecule has 1 fully saturated rings. The normalized spacial score (nSPS) is 18.5. The van der Waals surface area contributed by atoms with Crippen molar-refractivity contribution in [2.75, 3.05) is 13.1 Å². The molecule has 5 heteroatoms. The van der Waals surface area contributed by atoms with Crippen molar-refractivity contribution in [2.45, 2.75) is 18.9 Å². The minimum atomic E-state index is -0.0600. The summed E-state index contributed by atoms with van der Waals surface area (Å²) in [6, 6.07) is 5.48. The zero-order valence-electron chi connectivity index (χ0n) is 9.53. The zero-order chi connectivity index (χ0) is 11.5. The first-order valence-electron chi connectivity index (χ1n) is 5.63. The lowest BCUT2D eigenvalue weighted by molar-refractivity contribution is 0.316. The zero-order valence-corrected chi connectivity index (χ0v) is 11.9. The highest BCUT2D eigenvalue weighted by Crippen LogP contribution is 2.33. The molecule has 96 valence electrons. The summed E-state index contributed by atoms with van der Waals surface area (Å²) in [6.07, 6.45) is 2.16. The number of phenols is 1. The summed E-state index contributed by atoms with van der Waals surface area (Å²) >= 11 is 3.33. The van der Waals surface area contributed by atoms with Gasteiger partial charge in [0.2, 0.25) is 0 Å². The molecular weight excluding hydrogens is 304 g/mol. The van der Waals surface area contributed by atoms with Crippen molar-refractivity contribution in [1.82, 2.24) is 5.32 Å². The lowest BCUT2D eigenvalue weighted by Gasteiger charge is -2.28. The van der Waals surface area contributed by atoms with Crippen LogP contribution in [-0.2, 0) is 0 Å². The van der Waals surface area contributed by atoms with E-state index < -0.39 is 0 Å². The lowest BCUT2D eigenvalue weighted by Crippen LogP contribution is -2.33. The maximum absolute atomic E-state index is 9.87. The Balaban J connectivity index is 0.00000144. The summed E-state index contributed by atoms with van der Waals surface area (Å²) in [5.41, 5.74) is 7.07. The van der Waals surface area contributed by atoms with Crippen LogP contribution in [0.3, 0.4) is 0 Å². The Labute approximate surface area is 116 Å². The second-order valence-electron chi connectivity index (χ2n) is 4.32. The van der Waals surface area contributed by atoms with Gasteiger partial charge in [-0.2, -0.15) is 0 Å². The Hall–Kier alpha value is -0.290. The van der Waals surface area contributed by atoms with Crippen molar-refractivity contribution < 1.29 is 5.11 Å². The Morgan fingerprint density at radius 3 is 2.59 bits per heavy atom. The second kappa shape index (κ2) is 6.59. The van der Waals surface area contributed by atoms with Crippen LogP contribution >= 0.6 is 28.3 Å². The molecule has 1 aliphatic heterocycles. The standard InChI is InChI=1S/C12H17BrN2O.ClH/c13-9-1-2-10(11(16)7-9)12(14)8-3-5-15-6-4-8;/h1-2,7-8,12,15-16H,3-6,14H2;1H/t12-;/m1./s1. The molecular formula is C12H18BrClN2O. The van der Waals surface area contributed by atoms with E-state index in [1.165, 1.54) is 0 Å². The van der Waals surface area contributed by atoms with Crippen LogP contribution in [0.15, 0.2) is 22.7 Å². The topological polar surface area (TPSA) is 58.3 Å². The smallest absolute Gasteiger partial charge is 0.121 e. The quantitative estimate of drug-likeness (QED) is 0.784. The molecule has 1 aromatic rings. The number of aromatic hydroxyl groups is 1. The number of benzene rings is 1. The molecule has 17 heavy (non-hydrogen) atoms. The maximum Gasteiger partial charge on any atom is 0.121 e. The summed E-state index contributed by atoms with van der Waals surface area (Å²) in [7, 11) is 0. The van der Waals surface area contributed by atoms with Crippen LogP contribution in [0, 0.1) is 5.92 Å². The molecule has 1 saturated heterocycles. The highest BCUT2D eigenvalue weighted by atomic mass is 79.9. The van der Waals surface area contributed by atoms with Gasteiger partial charge in [-0.3, -0.25) is 0 Å². The molecule has 3 nitrogen and oxygen atoms in total. The van der Waals surface area contributed by atoms with Gasteiger partial charge in [0.25, 0.3) is 0 Å². The second-order valence-corrected chi connectivity index (χ2v) is 5.23. The van der Waals surface area contributed by atoms with E-state index >= 15 is 0 Å². The summed E-state index contributed by atoms with van der Waals surface area (Å²) in [4.78, 5) is 0. The molecule has 1 heterocycles. The Morgan fingerprint density at radius 1 is 1.35 bits per heavy atom. The summed E-state index contributed by atoms with van der Waals surface area (Å²) < 4.78 is 0.881. The van der Waals surface area contributed by atoms with Gasteiger partial charge < -0.3 is 16.2 Å². The van der Waals surface area contributed by atoms with Gasteiger partial charge in [-0.15, -0.1) is 12.4 Å². The molecule has 2 rings (SSSR count). The van der Waals surface area contributed by atoms with Crippen molar-refractivity contribution in [1.29, 1.82) is 0 Å². The van der Waals surface area contributed by atoms with E-state index in [0.29, 0.717) is 11.7 Å². The fraction of sp³-hybridized carbons (Fsp3) is 0.500. The fourth-order valence-electron chi connectivity index (χ4n) is 2.26. The van der Waals surface area contributed by atoms with Crippen LogP contribution in [-0.4, -0.2) is 18.2 Å². The molecule has 0 bridgehead atoms. The third-order valence-electron chi connectivity index (χ3n) is 3.24. The average Bonchev–Trinajstić information content (AvgIpc) is 2.29. The van der Waals surface area contributed by atoms with Crippen LogP contribution in [0.1, 0.15) is 24.4 Å². The van der Waals surface area contributed by atoms with Crippen molar-refractivity contribution in [3.63, 3.8) is 0 Å². The van der Waals surface area contributed by atoms with Gasteiger partial charge >= 0.3 is 0 Å². The molecule has 0 amide bonds. The van der Waals surface area contributed by atoms with E-state index in [4.69, 9.17) is 5.73 Å². The van der Waals surface area contributed by atoms with Crippen LogP contribution in [0.5, 0.6) is 5.75 Å². The van der Waals surface area contributed by atoms with E-state index in [0.717, 1.165) is 36.0 Å². The van der Waals surface area contributed by atoms with Gasteiger partial charge in [0.15, 0.2) is 0 Å². The molecule has 0 unspecified atom stereocenters. The predicted octanol–water partition coefficient (Wildman–Crippen LogP) is 2.58. The van der Waals surface area contributed by atoms with Gasteiger partial charge in [-0.1, -0.05) is 22.0 Å². The van der Waals surface area contributed by atoms with Crippen LogP contribution < -0.4 is 11.1 Å². The number of phenolic OH excluding ortho intramolecular Hbond substituents is 1. The molecule has 0 aliphatic carbocycles. The van der Waals surface area contributed by atoms with E-state index in [2.05, 4.69) is 21.2 Å². The van der Waals surface area contributed by atoms with Crippen LogP contribution in [0.4, 0.5) is 0 Å². The monoisotopic (exact) mass is 320 g/mol. The number of nitrogens with two attached hydrogens (primary N) is 1. The molecule has 0 spiro atoms. The van der Waals surface area contributed by atoms with E-state index in [1.54, 1.807) is 6.07 Å². The summed E-state index contributed by atoms with van der Waals surface area (Å²) in [5, 5.41) is 13.2. The minimum absolute atomic E-state index is 0. The minimum Gasteiger partial charge on any atom is -0.508 e. The first-order valence-corrected chi connectivity index (χ1v) is 6.42. The highest BCUT2D eigenvalue weighted by molar-refractivity contribution is 9.10. The Kier molecular flexibility index (Phi) is 5.73. The average molecular weight is 322 g/mol. The largest absolute Gasteiger partial charge is 0.508 e. The van der Waals surface area contributed by atoms with Crippen LogP contribution in [0.25, 0.3) is 0 Å². The Morgan fingerprint density at radius 2 is 2.00 bits per heavy atom. The van der Waals surface area contributed by atoms with Gasteiger partial charge in [0.1, 0.15) is 5.75 Å². The lowest BCUT2D eigenvalue weighted by atomic mass is 9.86. The van der Waals surface area contributed by atoms with E-state index in [1.807, 2.05) is 12.1 Å². The maximum atomic E-state index is 9.87. The summed E-state index contributed by atoms with van der Waals surface area (Å²) in [5.74, 6) is 0.758. The fourth-order valence-corrected chi connectivity index (χ4v) is 2.61. The SMILES string of the molecule is Cl.N[C@@H](c1ccc(Br)cc1O)C1CCNCC1. The molecule has 0 radical (unpaired) electrons. The van der Waals surface area contributed by atoms with Crippen molar-refractivity contribution >= 4 is 28.3 Å². The van der Waals surface area contributed by atoms with Crippen molar-refractivity contribution in [2.24, 2.45) is 11.7 Å². The molecule has 1 aromatic carbocycles. The number of rotatable bonds is 2. The summed E-state index contributed by atoms with van der Waals surface area (Å²) in [6.45, 7) is 2.05. The first-order chi connectivity index (χ1) is 7.68. The number of hydrogen-bond donors (Lipinski definition) is 3. The van der Waals surface area contributed by atoms with Crippen molar-refractivity contribution in [3.8, 4) is 5.75 Å². The van der Waals surface area contributed by atoms with Crippen LogP contribution in [0.2, 0.25) is 0 Å². The van der Waals surface area contributed by atoms with Crippen molar-refractivity contribution in [3.05, 3.63) is 28.2 Å². The molecule has 4 N–H and O–H groups in total. The third-order valence-corrected chi connectivity index (χ3v) is 3.74. The molecule has 0 aromatic heterocycles. The molecule has 1 atom stereocenters. The predicted molar refractivity (Wildman–Crippen MR) is 75.6 cm³/mol. The number of piperidine rings is 1. The van der Waals surface area contributed by atoms with Gasteiger partial charge in [-0.05, 0) is 44.0 Å². The van der Waals surface area contributed by atoms with E-state index in [9.17, 15) is 5.11 Å². The molecule has 0 saturated carbocycles. The third kappa shape index (κ3) is 3.58. The number of nitrogens with one attached hydrogen (secondary N) is 1. The highest BCUT2D eigenvalue weighted by Gasteiger charge is 2.23. The van der Waals surface area contributed by atoms with Gasteiger partial charge in [0, 0.05) is 16.1 Å². The Bertz CT molecular complexity index is 370. The van der Waals surface area contributed by atoms with Gasteiger partial charge in [0.05, 0.1) is 0 Å². The molecule has 1 aliphatic rings.